The molecule has 0 fully saturated rings. The number of amides is 1. The molecule has 0 saturated carbocycles. The van der Waals surface area contributed by atoms with Crippen LogP contribution < -0.4 is 11.1 Å². The number of carbonyl (C=O) groups excluding carboxylic acids is 1. The van der Waals surface area contributed by atoms with Gasteiger partial charge in [0.05, 0.1) is 17.2 Å². The Morgan fingerprint density at radius 2 is 2.24 bits per heavy atom. The van der Waals surface area contributed by atoms with E-state index < -0.39 is 33.6 Å². The van der Waals surface area contributed by atoms with E-state index in [4.69, 9.17) is 5.73 Å². The van der Waals surface area contributed by atoms with Crippen LogP contribution in [0.5, 0.6) is 0 Å². The molecule has 110 valence electrons. The third-order valence-electron chi connectivity index (χ3n) is 2.95. The van der Waals surface area contributed by atoms with Crippen molar-refractivity contribution in [3.05, 3.63) is 51.6 Å². The van der Waals surface area contributed by atoms with Crippen LogP contribution in [0.4, 0.5) is 15.8 Å². The summed E-state index contributed by atoms with van der Waals surface area (Å²) in [6.45, 7) is 0.0942. The lowest BCUT2D eigenvalue weighted by Gasteiger charge is -2.09. The predicted octanol–water partition coefficient (Wildman–Crippen LogP) is 0.980. The molecule has 1 aromatic carbocycles. The lowest BCUT2D eigenvalue weighted by Crippen LogP contribution is -2.26. The molecule has 0 aliphatic carbocycles. The first-order valence-electron chi connectivity index (χ1n) is 5.89. The van der Waals surface area contributed by atoms with Gasteiger partial charge < -0.3 is 11.1 Å². The van der Waals surface area contributed by atoms with Crippen molar-refractivity contribution < 1.29 is 14.1 Å². The third kappa shape index (κ3) is 2.81. The number of nitrogens with one attached hydrogen (secondary N) is 1. The van der Waals surface area contributed by atoms with Gasteiger partial charge in [-0.05, 0) is 12.1 Å². The molecule has 1 aromatic heterocycles. The number of nitrogens with zero attached hydrogens (tertiary/aromatic N) is 3. The van der Waals surface area contributed by atoms with Gasteiger partial charge in [0.15, 0.2) is 0 Å². The quantitative estimate of drug-likeness (QED) is 0.495. The maximum Gasteiger partial charge on any atom is 0.293 e. The Kier molecular flexibility index (Phi) is 3.83. The summed E-state index contributed by atoms with van der Waals surface area (Å²) in [6.07, 6.45) is 1.55. The van der Waals surface area contributed by atoms with E-state index in [-0.39, 0.29) is 6.54 Å². The third-order valence-corrected chi connectivity index (χ3v) is 2.95. The van der Waals surface area contributed by atoms with Crippen molar-refractivity contribution in [2.24, 2.45) is 7.05 Å². The van der Waals surface area contributed by atoms with Crippen molar-refractivity contribution in [1.82, 2.24) is 15.1 Å². The molecule has 1 heterocycles. The van der Waals surface area contributed by atoms with Crippen LogP contribution in [0.1, 0.15) is 16.1 Å². The minimum Gasteiger partial charge on any atom is -0.392 e. The number of aryl methyl sites for hydroxylation is 1. The first kappa shape index (κ1) is 14.4. The van der Waals surface area contributed by atoms with Gasteiger partial charge in [0.1, 0.15) is 17.1 Å². The van der Waals surface area contributed by atoms with Crippen molar-refractivity contribution >= 4 is 17.3 Å². The van der Waals surface area contributed by atoms with E-state index in [0.29, 0.717) is 5.69 Å². The van der Waals surface area contributed by atoms with Gasteiger partial charge >= 0.3 is 0 Å². The van der Waals surface area contributed by atoms with E-state index in [1.54, 1.807) is 19.3 Å². The lowest BCUT2D eigenvalue weighted by atomic mass is 10.1. The zero-order valence-electron chi connectivity index (χ0n) is 11.0. The summed E-state index contributed by atoms with van der Waals surface area (Å²) in [5, 5.41) is 17.1. The van der Waals surface area contributed by atoms with Gasteiger partial charge in [0, 0.05) is 19.3 Å². The SMILES string of the molecule is Cn1nccc1CNC(=O)c1c(F)ccc([N+](=O)[O-])c1N. The maximum absolute atomic E-state index is 13.7. The number of hydrogen-bond acceptors (Lipinski definition) is 5. The van der Waals surface area contributed by atoms with Gasteiger partial charge in [0.25, 0.3) is 11.6 Å². The first-order valence-corrected chi connectivity index (χ1v) is 5.89. The van der Waals surface area contributed by atoms with E-state index in [9.17, 15) is 19.3 Å². The minimum atomic E-state index is -0.916. The second-order valence-corrected chi connectivity index (χ2v) is 4.24. The zero-order chi connectivity index (χ0) is 15.6. The van der Waals surface area contributed by atoms with Crippen LogP contribution in [0.15, 0.2) is 24.4 Å². The molecule has 0 atom stereocenters. The van der Waals surface area contributed by atoms with E-state index in [1.165, 1.54) is 4.68 Å². The average molecular weight is 293 g/mol. The summed E-state index contributed by atoms with van der Waals surface area (Å²) in [5.74, 6) is -1.74. The van der Waals surface area contributed by atoms with Gasteiger partial charge in [-0.25, -0.2) is 4.39 Å². The highest BCUT2D eigenvalue weighted by molar-refractivity contribution is 6.01. The second-order valence-electron chi connectivity index (χ2n) is 4.24. The fourth-order valence-corrected chi connectivity index (χ4v) is 1.81. The molecule has 3 N–H and O–H groups in total. The smallest absolute Gasteiger partial charge is 0.293 e. The standard InChI is InChI=1S/C12H12FN5O3/c1-17-7(4-5-16-17)6-15-12(19)10-8(13)2-3-9(11(10)14)18(20)21/h2-5H,6,14H2,1H3,(H,15,19). The van der Waals surface area contributed by atoms with E-state index in [0.717, 1.165) is 12.1 Å². The Balaban J connectivity index is 2.25. The molecule has 0 bridgehead atoms. The molecule has 9 heteroatoms. The molecule has 0 radical (unpaired) electrons. The van der Waals surface area contributed by atoms with Crippen LogP contribution in [0.25, 0.3) is 0 Å². The minimum absolute atomic E-state index is 0.0942. The molecule has 2 rings (SSSR count). The van der Waals surface area contributed by atoms with Crippen LogP contribution in [0.3, 0.4) is 0 Å². The Morgan fingerprint density at radius 3 is 2.81 bits per heavy atom. The predicted molar refractivity (Wildman–Crippen MR) is 71.8 cm³/mol. The second kappa shape index (κ2) is 5.57. The van der Waals surface area contributed by atoms with Gasteiger partial charge in [-0.1, -0.05) is 0 Å². The molecule has 0 saturated heterocycles. The van der Waals surface area contributed by atoms with Crippen molar-refractivity contribution in [2.75, 3.05) is 5.73 Å². The summed E-state index contributed by atoms with van der Waals surface area (Å²) in [5.41, 5.74) is 4.65. The summed E-state index contributed by atoms with van der Waals surface area (Å²) < 4.78 is 15.2. The zero-order valence-corrected chi connectivity index (χ0v) is 11.0. The molecule has 0 unspecified atom stereocenters. The molecule has 8 nitrogen and oxygen atoms in total. The van der Waals surface area contributed by atoms with Crippen LogP contribution in [-0.2, 0) is 13.6 Å². The number of rotatable bonds is 4. The molecule has 21 heavy (non-hydrogen) atoms. The number of nitro groups is 1. The molecular weight excluding hydrogens is 281 g/mol. The maximum atomic E-state index is 13.7. The Labute approximate surface area is 118 Å². The number of nitro benzene ring substituents is 1. The van der Waals surface area contributed by atoms with Crippen LogP contribution >= 0.6 is 0 Å². The van der Waals surface area contributed by atoms with E-state index in [1.807, 2.05) is 0 Å². The molecular formula is C12H12FN5O3. The molecule has 0 spiro atoms. The highest BCUT2D eigenvalue weighted by Crippen LogP contribution is 2.27. The van der Waals surface area contributed by atoms with E-state index in [2.05, 4.69) is 10.4 Å². The molecule has 2 aromatic rings. The van der Waals surface area contributed by atoms with Crippen LogP contribution in [0.2, 0.25) is 0 Å². The number of hydrogen-bond donors (Lipinski definition) is 2. The average Bonchev–Trinajstić information content (AvgIpc) is 2.81. The van der Waals surface area contributed by atoms with Gasteiger partial charge in [0.2, 0.25) is 0 Å². The van der Waals surface area contributed by atoms with E-state index >= 15 is 0 Å². The Bertz CT molecular complexity index is 713. The fraction of sp³-hybridized carbons (Fsp3) is 0.167. The Hall–Kier alpha value is -2.97. The number of halogens is 1. The van der Waals surface area contributed by atoms with Crippen molar-refractivity contribution in [3.63, 3.8) is 0 Å². The number of nitrogen functional groups attached to an aromatic ring is 1. The van der Waals surface area contributed by atoms with Crippen LogP contribution in [-0.4, -0.2) is 20.6 Å². The lowest BCUT2D eigenvalue weighted by molar-refractivity contribution is -0.384. The van der Waals surface area contributed by atoms with Gasteiger partial charge in [-0.2, -0.15) is 5.10 Å². The van der Waals surface area contributed by atoms with Gasteiger partial charge in [-0.15, -0.1) is 0 Å². The summed E-state index contributed by atoms with van der Waals surface area (Å²) in [7, 11) is 1.68. The topological polar surface area (TPSA) is 116 Å². The molecule has 0 aliphatic heterocycles. The normalized spacial score (nSPS) is 10.4. The highest BCUT2D eigenvalue weighted by atomic mass is 19.1. The monoisotopic (exact) mass is 293 g/mol. The number of benzene rings is 1. The Morgan fingerprint density at radius 1 is 1.52 bits per heavy atom. The summed E-state index contributed by atoms with van der Waals surface area (Å²) in [6, 6.07) is 3.43. The number of aromatic nitrogens is 2. The fourth-order valence-electron chi connectivity index (χ4n) is 1.81. The van der Waals surface area contributed by atoms with Crippen LogP contribution in [0, 0.1) is 15.9 Å². The van der Waals surface area contributed by atoms with Gasteiger partial charge in [-0.3, -0.25) is 19.6 Å². The number of carbonyl (C=O) groups is 1. The number of anilines is 1. The number of nitrogens with two attached hydrogens (primary N) is 1. The molecule has 1 amide bonds. The first-order chi connectivity index (χ1) is 9.91. The largest absolute Gasteiger partial charge is 0.392 e. The van der Waals surface area contributed by atoms with Crippen molar-refractivity contribution in [2.45, 2.75) is 6.54 Å². The van der Waals surface area contributed by atoms with Crippen molar-refractivity contribution in [1.29, 1.82) is 0 Å². The molecule has 0 aliphatic rings. The summed E-state index contributed by atoms with van der Waals surface area (Å²) >= 11 is 0. The van der Waals surface area contributed by atoms with Crippen molar-refractivity contribution in [3.8, 4) is 0 Å². The summed E-state index contributed by atoms with van der Waals surface area (Å²) in [4.78, 5) is 22.0. The highest BCUT2D eigenvalue weighted by Gasteiger charge is 2.23.